The van der Waals surface area contributed by atoms with Gasteiger partial charge >= 0.3 is 7.12 Å². The van der Waals surface area contributed by atoms with Gasteiger partial charge in [0.15, 0.2) is 0 Å². The Labute approximate surface area is 120 Å². The molecule has 2 aliphatic rings. The Hall–Kier alpha value is -0.535. The van der Waals surface area contributed by atoms with E-state index < -0.39 is 17.7 Å². The maximum absolute atomic E-state index is 9.45. The van der Waals surface area contributed by atoms with Crippen molar-refractivity contribution in [3.8, 4) is 0 Å². The highest BCUT2D eigenvalue weighted by Gasteiger charge is 2.52. The van der Waals surface area contributed by atoms with Crippen LogP contribution in [0, 0.1) is 0 Å². The molecule has 2 N–H and O–H groups in total. The highest BCUT2D eigenvalue weighted by atomic mass is 32.3. The van der Waals surface area contributed by atoms with Crippen molar-refractivity contribution < 1.29 is 18.4 Å². The van der Waals surface area contributed by atoms with Gasteiger partial charge in [0.05, 0.1) is 28.7 Å². The van der Waals surface area contributed by atoms with Crippen LogP contribution in [0.2, 0.25) is 0 Å². The van der Waals surface area contributed by atoms with Gasteiger partial charge in [-0.3, -0.25) is 13.8 Å². The van der Waals surface area contributed by atoms with Gasteiger partial charge in [-0.2, -0.15) is 15.7 Å². The second-order valence-corrected chi connectivity index (χ2v) is 8.90. The average Bonchev–Trinajstić information content (AvgIpc) is 2.79. The number of hydrogen-bond acceptors (Lipinski definition) is 5. The predicted octanol–water partition coefficient (Wildman–Crippen LogP) is 1.49. The molecule has 0 aliphatic carbocycles. The molecular weight excluding hydrogens is 279 g/mol. The number of rotatable bonds is 2. The van der Waals surface area contributed by atoms with E-state index in [1.54, 1.807) is 10.9 Å². The van der Waals surface area contributed by atoms with E-state index in [2.05, 4.69) is 5.10 Å². The molecule has 8 heteroatoms. The van der Waals surface area contributed by atoms with E-state index in [0.717, 1.165) is 5.46 Å². The fourth-order valence-corrected chi connectivity index (χ4v) is 3.81. The monoisotopic (exact) mass is 300 g/mol. The zero-order chi connectivity index (χ0) is 14.8. The van der Waals surface area contributed by atoms with Gasteiger partial charge in [-0.25, -0.2) is 0 Å². The first-order valence-electron chi connectivity index (χ1n) is 6.73. The summed E-state index contributed by atoms with van der Waals surface area (Å²) < 4.78 is 32.6. The lowest BCUT2D eigenvalue weighted by Gasteiger charge is -2.46. The predicted molar refractivity (Wildman–Crippen MR) is 79.6 cm³/mol. The summed E-state index contributed by atoms with van der Waals surface area (Å²) in [5, 5.41) is 4.29. The van der Waals surface area contributed by atoms with Crippen molar-refractivity contribution in [2.75, 3.05) is 11.5 Å². The smallest absolute Gasteiger partial charge is 0.399 e. The summed E-state index contributed by atoms with van der Waals surface area (Å²) in [5.74, 6) is 0.773. The van der Waals surface area contributed by atoms with Gasteiger partial charge in [-0.15, -0.1) is 0 Å². The molecule has 0 amide bonds. The van der Waals surface area contributed by atoms with Gasteiger partial charge in [-0.05, 0) is 27.7 Å². The van der Waals surface area contributed by atoms with Gasteiger partial charge in [0.25, 0.3) is 0 Å². The fraction of sp³-hybridized carbons (Fsp3) is 0.750. The van der Waals surface area contributed by atoms with Gasteiger partial charge < -0.3 is 9.31 Å². The summed E-state index contributed by atoms with van der Waals surface area (Å²) in [5.41, 5.74) is 0.129. The number of nitrogens with zero attached hydrogens (tertiary/aromatic N) is 2. The second-order valence-electron chi connectivity index (χ2n) is 6.63. The SMILES string of the molecule is CC1(C)OB(c2cnn(C3CS(O)(O)C3)c2)OC1(C)C. The minimum absolute atomic E-state index is 0.0659. The Morgan fingerprint density at radius 2 is 1.80 bits per heavy atom. The van der Waals surface area contributed by atoms with Gasteiger partial charge in [0, 0.05) is 17.9 Å². The largest absolute Gasteiger partial charge is 0.498 e. The van der Waals surface area contributed by atoms with Crippen molar-refractivity contribution in [2.45, 2.75) is 44.9 Å². The quantitative estimate of drug-likeness (QED) is 0.809. The van der Waals surface area contributed by atoms with E-state index in [9.17, 15) is 9.11 Å². The van der Waals surface area contributed by atoms with Crippen LogP contribution in [-0.2, 0) is 9.31 Å². The first-order chi connectivity index (χ1) is 9.10. The minimum atomic E-state index is -2.35. The zero-order valence-corrected chi connectivity index (χ0v) is 13.1. The van der Waals surface area contributed by atoms with E-state index in [4.69, 9.17) is 9.31 Å². The summed E-state index contributed by atoms with van der Waals surface area (Å²) in [4.78, 5) is 0. The maximum Gasteiger partial charge on any atom is 0.498 e. The van der Waals surface area contributed by atoms with Crippen molar-refractivity contribution in [2.24, 2.45) is 0 Å². The standard InChI is InChI=1S/C12H21BN2O4S/c1-11(2)12(3,4)19-13(18-11)9-5-14-15(6-9)10-7-20(16,17)8-10/h5-6,10,16-17H,7-8H2,1-4H3. The van der Waals surface area contributed by atoms with Gasteiger partial charge in [-0.1, -0.05) is 0 Å². The van der Waals surface area contributed by atoms with Crippen molar-refractivity contribution >= 4 is 23.2 Å². The molecule has 112 valence electrons. The van der Waals surface area contributed by atoms with E-state index in [0.29, 0.717) is 11.5 Å². The van der Waals surface area contributed by atoms with Crippen LogP contribution in [0.4, 0.5) is 0 Å². The first kappa shape index (κ1) is 14.4. The summed E-state index contributed by atoms with van der Waals surface area (Å²) >= 11 is 0. The number of hydrogen-bond donors (Lipinski definition) is 2. The summed E-state index contributed by atoms with van der Waals surface area (Å²) in [7, 11) is -2.77. The van der Waals surface area contributed by atoms with Crippen LogP contribution >= 0.6 is 10.6 Å². The van der Waals surface area contributed by atoms with Crippen LogP contribution in [0.5, 0.6) is 0 Å². The van der Waals surface area contributed by atoms with Crippen molar-refractivity contribution in [1.82, 2.24) is 9.78 Å². The molecule has 3 rings (SSSR count). The molecule has 0 saturated carbocycles. The van der Waals surface area contributed by atoms with E-state index >= 15 is 0 Å². The van der Waals surface area contributed by atoms with Crippen molar-refractivity contribution in [1.29, 1.82) is 0 Å². The molecule has 0 aromatic carbocycles. The van der Waals surface area contributed by atoms with Crippen LogP contribution in [0.25, 0.3) is 0 Å². The van der Waals surface area contributed by atoms with Crippen LogP contribution in [0.1, 0.15) is 33.7 Å². The molecule has 3 heterocycles. The van der Waals surface area contributed by atoms with E-state index in [-0.39, 0.29) is 17.2 Å². The number of aromatic nitrogens is 2. The van der Waals surface area contributed by atoms with Crippen LogP contribution in [0.3, 0.4) is 0 Å². The summed E-state index contributed by atoms with van der Waals surface area (Å²) in [6.45, 7) is 8.05. The first-order valence-corrected chi connectivity index (χ1v) is 8.61. The molecule has 1 aromatic rings. The Bertz CT molecular complexity index is 507. The maximum atomic E-state index is 9.45. The van der Waals surface area contributed by atoms with Gasteiger partial charge in [0.1, 0.15) is 0 Å². The third kappa shape index (κ3) is 2.29. The minimum Gasteiger partial charge on any atom is -0.399 e. The van der Waals surface area contributed by atoms with Crippen molar-refractivity contribution in [3.05, 3.63) is 12.4 Å². The molecule has 20 heavy (non-hydrogen) atoms. The summed E-state index contributed by atoms with van der Waals surface area (Å²) in [6.07, 6.45) is 3.60. The fourth-order valence-electron chi connectivity index (χ4n) is 2.37. The Morgan fingerprint density at radius 3 is 2.30 bits per heavy atom. The highest BCUT2D eigenvalue weighted by Crippen LogP contribution is 2.53. The van der Waals surface area contributed by atoms with E-state index in [1.807, 2.05) is 33.9 Å². The molecule has 0 bridgehead atoms. The normalized spacial score (nSPS) is 29.2. The lowest BCUT2D eigenvalue weighted by molar-refractivity contribution is 0.00578. The molecule has 2 saturated heterocycles. The Kier molecular flexibility index (Phi) is 3.05. The molecule has 0 atom stereocenters. The van der Waals surface area contributed by atoms with Gasteiger partial charge in [0.2, 0.25) is 0 Å². The molecule has 0 spiro atoms. The Balaban J connectivity index is 1.73. The molecular formula is C12H21BN2O4S. The Morgan fingerprint density at radius 1 is 1.25 bits per heavy atom. The topological polar surface area (TPSA) is 76.7 Å². The molecule has 2 aliphatic heterocycles. The average molecular weight is 300 g/mol. The molecule has 6 nitrogen and oxygen atoms in total. The van der Waals surface area contributed by atoms with Crippen LogP contribution < -0.4 is 5.46 Å². The third-order valence-electron chi connectivity index (χ3n) is 4.44. The lowest BCUT2D eigenvalue weighted by Crippen LogP contribution is -2.41. The third-order valence-corrected chi connectivity index (χ3v) is 6.28. The summed E-state index contributed by atoms with van der Waals surface area (Å²) in [6, 6.07) is 0.0659. The van der Waals surface area contributed by atoms with E-state index in [1.165, 1.54) is 0 Å². The zero-order valence-electron chi connectivity index (χ0n) is 12.2. The molecule has 1 aromatic heterocycles. The second kappa shape index (κ2) is 4.24. The molecule has 0 radical (unpaired) electrons. The van der Waals surface area contributed by atoms with Crippen LogP contribution in [0.15, 0.2) is 12.4 Å². The van der Waals surface area contributed by atoms with Crippen molar-refractivity contribution in [3.63, 3.8) is 0 Å². The lowest BCUT2D eigenvalue weighted by atomic mass is 9.82. The molecule has 2 fully saturated rings. The van der Waals surface area contributed by atoms with Crippen LogP contribution in [-0.4, -0.2) is 48.7 Å². The highest BCUT2D eigenvalue weighted by molar-refractivity contribution is 8.25. The molecule has 0 unspecified atom stereocenters.